The molecule has 0 bridgehead atoms. The van der Waals surface area contributed by atoms with Gasteiger partial charge in [-0.3, -0.25) is 9.00 Å². The van der Waals surface area contributed by atoms with Crippen molar-refractivity contribution in [3.63, 3.8) is 0 Å². The molecule has 1 aromatic carbocycles. The molecule has 0 aliphatic heterocycles. The van der Waals surface area contributed by atoms with Gasteiger partial charge in [0.05, 0.1) is 5.56 Å². The SMILES string of the molecule is Cc1cccc(C(=O)NCCC(C)S(C)=O)c1Br. The van der Waals surface area contributed by atoms with Crippen molar-refractivity contribution in [3.05, 3.63) is 33.8 Å². The maximum Gasteiger partial charge on any atom is 0.252 e. The fourth-order valence-corrected chi connectivity index (χ4v) is 2.37. The first kappa shape index (κ1) is 15.4. The Hall–Kier alpha value is -0.680. The Bertz CT molecular complexity index is 462. The van der Waals surface area contributed by atoms with E-state index >= 15 is 0 Å². The largest absolute Gasteiger partial charge is 0.352 e. The molecular formula is C13H18BrNO2S. The highest BCUT2D eigenvalue weighted by molar-refractivity contribution is 9.10. The van der Waals surface area contributed by atoms with Crippen molar-refractivity contribution < 1.29 is 9.00 Å². The molecule has 0 aliphatic rings. The van der Waals surface area contributed by atoms with E-state index in [1.165, 1.54) is 0 Å². The van der Waals surface area contributed by atoms with Gasteiger partial charge in [0.15, 0.2) is 0 Å². The summed E-state index contributed by atoms with van der Waals surface area (Å²) < 4.78 is 12.0. The Balaban J connectivity index is 2.56. The average Bonchev–Trinajstić information content (AvgIpc) is 2.32. The zero-order valence-electron chi connectivity index (χ0n) is 10.8. The molecule has 18 heavy (non-hydrogen) atoms. The van der Waals surface area contributed by atoms with Crippen LogP contribution in [0.3, 0.4) is 0 Å². The summed E-state index contributed by atoms with van der Waals surface area (Å²) in [6.45, 7) is 4.41. The van der Waals surface area contributed by atoms with Crippen LogP contribution in [0.1, 0.15) is 29.3 Å². The molecule has 0 saturated carbocycles. The molecule has 0 spiro atoms. The van der Waals surface area contributed by atoms with Crippen LogP contribution in [0.25, 0.3) is 0 Å². The average molecular weight is 332 g/mol. The van der Waals surface area contributed by atoms with Crippen molar-refractivity contribution >= 4 is 32.6 Å². The number of amides is 1. The van der Waals surface area contributed by atoms with E-state index in [4.69, 9.17) is 0 Å². The van der Waals surface area contributed by atoms with E-state index in [0.29, 0.717) is 12.1 Å². The molecule has 0 aromatic heterocycles. The molecule has 2 unspecified atom stereocenters. The number of halogens is 1. The zero-order chi connectivity index (χ0) is 13.7. The Morgan fingerprint density at radius 1 is 1.50 bits per heavy atom. The molecule has 5 heteroatoms. The summed E-state index contributed by atoms with van der Waals surface area (Å²) in [6, 6.07) is 5.59. The standard InChI is InChI=1S/C13H18BrNO2S/c1-9-5-4-6-11(12(9)14)13(16)15-8-7-10(2)18(3)17/h4-6,10H,7-8H2,1-3H3,(H,15,16). The van der Waals surface area contributed by atoms with E-state index < -0.39 is 10.8 Å². The fraction of sp³-hybridized carbons (Fsp3) is 0.462. The first-order valence-electron chi connectivity index (χ1n) is 5.79. The number of hydrogen-bond acceptors (Lipinski definition) is 2. The predicted octanol–water partition coefficient (Wildman–Crippen LogP) is 2.64. The third kappa shape index (κ3) is 4.21. The summed E-state index contributed by atoms with van der Waals surface area (Å²) in [5, 5.41) is 2.95. The maximum absolute atomic E-state index is 12.0. The van der Waals surface area contributed by atoms with Crippen LogP contribution in [0.4, 0.5) is 0 Å². The minimum atomic E-state index is -0.838. The second-order valence-electron chi connectivity index (χ2n) is 4.29. The van der Waals surface area contributed by atoms with Crippen molar-refractivity contribution in [2.45, 2.75) is 25.5 Å². The lowest BCUT2D eigenvalue weighted by Gasteiger charge is -2.10. The lowest BCUT2D eigenvalue weighted by atomic mass is 10.1. The van der Waals surface area contributed by atoms with Gasteiger partial charge in [-0.1, -0.05) is 19.1 Å². The molecule has 1 rings (SSSR count). The number of carbonyl (C=O) groups excluding carboxylic acids is 1. The van der Waals surface area contributed by atoms with Gasteiger partial charge in [0.25, 0.3) is 5.91 Å². The van der Waals surface area contributed by atoms with E-state index in [1.807, 2.05) is 26.0 Å². The molecule has 3 nitrogen and oxygen atoms in total. The molecule has 0 radical (unpaired) electrons. The fourth-order valence-electron chi connectivity index (χ4n) is 1.47. The molecule has 100 valence electrons. The molecule has 0 fully saturated rings. The van der Waals surface area contributed by atoms with Crippen molar-refractivity contribution in [1.82, 2.24) is 5.32 Å². The van der Waals surface area contributed by atoms with Crippen LogP contribution in [-0.4, -0.2) is 28.2 Å². The quantitative estimate of drug-likeness (QED) is 0.901. The van der Waals surface area contributed by atoms with Crippen molar-refractivity contribution in [2.75, 3.05) is 12.8 Å². The van der Waals surface area contributed by atoms with Crippen molar-refractivity contribution in [3.8, 4) is 0 Å². The summed E-state index contributed by atoms with van der Waals surface area (Å²) in [5.41, 5.74) is 1.67. The molecular weight excluding hydrogens is 314 g/mol. The first-order chi connectivity index (χ1) is 8.43. The van der Waals surface area contributed by atoms with Crippen LogP contribution in [0.15, 0.2) is 22.7 Å². The van der Waals surface area contributed by atoms with E-state index in [2.05, 4.69) is 21.2 Å². The highest BCUT2D eigenvalue weighted by Crippen LogP contribution is 2.20. The third-order valence-electron chi connectivity index (χ3n) is 2.84. The number of benzene rings is 1. The van der Waals surface area contributed by atoms with Gasteiger partial charge in [0.1, 0.15) is 0 Å². The Kier molecular flexibility index (Phi) is 6.02. The predicted molar refractivity (Wildman–Crippen MR) is 79.4 cm³/mol. The Morgan fingerprint density at radius 3 is 2.78 bits per heavy atom. The third-order valence-corrected chi connectivity index (χ3v) is 5.26. The summed E-state index contributed by atoms with van der Waals surface area (Å²) in [6.07, 6.45) is 2.40. The second kappa shape index (κ2) is 7.04. The smallest absolute Gasteiger partial charge is 0.252 e. The van der Waals surface area contributed by atoms with E-state index in [9.17, 15) is 9.00 Å². The molecule has 0 aliphatic carbocycles. The summed E-state index contributed by atoms with van der Waals surface area (Å²) in [4.78, 5) is 12.0. The Labute approximate surface area is 119 Å². The first-order valence-corrected chi connectivity index (χ1v) is 8.20. The van der Waals surface area contributed by atoms with Gasteiger partial charge < -0.3 is 5.32 Å². The molecule has 0 heterocycles. The number of rotatable bonds is 5. The van der Waals surface area contributed by atoms with Gasteiger partial charge in [-0.25, -0.2) is 0 Å². The normalized spacial score (nSPS) is 14.0. The van der Waals surface area contributed by atoms with Crippen LogP contribution in [0, 0.1) is 6.92 Å². The van der Waals surface area contributed by atoms with Gasteiger partial charge in [-0.2, -0.15) is 0 Å². The number of aryl methyl sites for hydroxylation is 1. The van der Waals surface area contributed by atoms with Gasteiger partial charge in [0.2, 0.25) is 0 Å². The van der Waals surface area contributed by atoms with Crippen LogP contribution in [-0.2, 0) is 10.8 Å². The van der Waals surface area contributed by atoms with Crippen LogP contribution >= 0.6 is 15.9 Å². The van der Waals surface area contributed by atoms with Crippen LogP contribution in [0.5, 0.6) is 0 Å². The highest BCUT2D eigenvalue weighted by Gasteiger charge is 2.12. The van der Waals surface area contributed by atoms with Crippen molar-refractivity contribution in [2.24, 2.45) is 0 Å². The van der Waals surface area contributed by atoms with Crippen LogP contribution < -0.4 is 5.32 Å². The van der Waals surface area contributed by atoms with Gasteiger partial charge in [-0.05, 0) is 40.9 Å². The lowest BCUT2D eigenvalue weighted by molar-refractivity contribution is 0.0952. The molecule has 1 N–H and O–H groups in total. The summed E-state index contributed by atoms with van der Waals surface area (Å²) in [5.74, 6) is -0.0975. The minimum Gasteiger partial charge on any atom is -0.352 e. The summed E-state index contributed by atoms with van der Waals surface area (Å²) >= 11 is 3.42. The minimum absolute atomic E-state index is 0.0975. The highest BCUT2D eigenvalue weighted by atomic mass is 79.9. The molecule has 1 aromatic rings. The maximum atomic E-state index is 12.0. The van der Waals surface area contributed by atoms with Crippen LogP contribution in [0.2, 0.25) is 0 Å². The Morgan fingerprint density at radius 2 is 2.17 bits per heavy atom. The summed E-state index contributed by atoms with van der Waals surface area (Å²) in [7, 11) is -0.838. The topological polar surface area (TPSA) is 46.2 Å². The number of hydrogen-bond donors (Lipinski definition) is 1. The molecule has 0 saturated heterocycles. The van der Waals surface area contributed by atoms with E-state index in [1.54, 1.807) is 12.3 Å². The van der Waals surface area contributed by atoms with E-state index in [-0.39, 0.29) is 11.2 Å². The number of nitrogens with one attached hydrogen (secondary N) is 1. The second-order valence-corrected chi connectivity index (χ2v) is 6.89. The molecule has 2 atom stereocenters. The lowest BCUT2D eigenvalue weighted by Crippen LogP contribution is -2.27. The van der Waals surface area contributed by atoms with E-state index in [0.717, 1.165) is 16.5 Å². The van der Waals surface area contributed by atoms with Crippen molar-refractivity contribution in [1.29, 1.82) is 0 Å². The monoisotopic (exact) mass is 331 g/mol. The van der Waals surface area contributed by atoms with Gasteiger partial charge in [-0.15, -0.1) is 0 Å². The van der Waals surface area contributed by atoms with Gasteiger partial charge in [0, 0.05) is 33.3 Å². The molecule has 1 amide bonds. The zero-order valence-corrected chi connectivity index (χ0v) is 13.2. The number of carbonyl (C=O) groups is 1. The van der Waals surface area contributed by atoms with Gasteiger partial charge >= 0.3 is 0 Å².